The Labute approximate surface area is 167 Å². The Morgan fingerprint density at radius 3 is 2.43 bits per heavy atom. The number of benzene rings is 2. The molecule has 0 aliphatic carbocycles. The number of sulfonamides is 1. The van der Waals surface area contributed by atoms with Crippen LogP contribution in [0.4, 0.5) is 11.4 Å². The van der Waals surface area contributed by atoms with E-state index in [0.29, 0.717) is 5.56 Å². The normalized spacial score (nSPS) is 14.5. The number of carbonyl (C=O) groups excluding carboxylic acids is 1. The molecule has 1 fully saturated rings. The number of aryl methyl sites for hydroxylation is 1. The van der Waals surface area contributed by atoms with E-state index in [1.807, 2.05) is 31.2 Å². The lowest BCUT2D eigenvalue weighted by Crippen LogP contribution is -2.25. The molecule has 1 aliphatic rings. The second-order valence-corrected chi connectivity index (χ2v) is 9.28. The van der Waals surface area contributed by atoms with Crippen LogP contribution < -0.4 is 10.2 Å². The van der Waals surface area contributed by atoms with Crippen molar-refractivity contribution in [2.45, 2.75) is 31.1 Å². The summed E-state index contributed by atoms with van der Waals surface area (Å²) in [6, 6.07) is 12.5. The molecule has 0 saturated carbocycles. The standard InChI is InChI=1S/C21H27N3O3S/c1-4-16-9-5-6-10-19(16)22-21(25)18-15-17(28(26,27)23(2)3)11-12-20(18)24-13-7-8-14-24/h5-6,9-12,15H,4,7-8,13-14H2,1-3H3,(H,22,25). The summed E-state index contributed by atoms with van der Waals surface area (Å²) < 4.78 is 26.3. The fraction of sp³-hybridized carbons (Fsp3) is 0.381. The first-order valence-corrected chi connectivity index (χ1v) is 11.0. The zero-order valence-electron chi connectivity index (χ0n) is 16.6. The Bertz CT molecular complexity index is 965. The highest BCUT2D eigenvalue weighted by Crippen LogP contribution is 2.29. The van der Waals surface area contributed by atoms with E-state index in [2.05, 4.69) is 10.2 Å². The van der Waals surface area contributed by atoms with E-state index < -0.39 is 10.0 Å². The minimum absolute atomic E-state index is 0.120. The van der Waals surface area contributed by atoms with Gasteiger partial charge >= 0.3 is 0 Å². The predicted molar refractivity (Wildman–Crippen MR) is 113 cm³/mol. The average molecular weight is 402 g/mol. The van der Waals surface area contributed by atoms with Gasteiger partial charge in [0.1, 0.15) is 0 Å². The zero-order valence-corrected chi connectivity index (χ0v) is 17.4. The Balaban J connectivity index is 2.03. The van der Waals surface area contributed by atoms with Crippen molar-refractivity contribution < 1.29 is 13.2 Å². The topological polar surface area (TPSA) is 69.7 Å². The molecule has 7 heteroatoms. The van der Waals surface area contributed by atoms with Gasteiger partial charge in [-0.1, -0.05) is 25.1 Å². The van der Waals surface area contributed by atoms with Crippen LogP contribution in [-0.2, 0) is 16.4 Å². The molecular formula is C21H27N3O3S. The van der Waals surface area contributed by atoms with E-state index in [0.717, 1.165) is 53.6 Å². The van der Waals surface area contributed by atoms with Crippen LogP contribution in [0.1, 0.15) is 35.7 Å². The summed E-state index contributed by atoms with van der Waals surface area (Å²) in [6.45, 7) is 3.77. The molecule has 1 amide bonds. The summed E-state index contributed by atoms with van der Waals surface area (Å²) in [5, 5.41) is 2.98. The van der Waals surface area contributed by atoms with Crippen molar-refractivity contribution in [1.82, 2.24) is 4.31 Å². The average Bonchev–Trinajstić information content (AvgIpc) is 3.22. The van der Waals surface area contributed by atoms with Gasteiger partial charge in [0, 0.05) is 38.6 Å². The van der Waals surface area contributed by atoms with Crippen molar-refractivity contribution in [2.24, 2.45) is 0 Å². The lowest BCUT2D eigenvalue weighted by molar-refractivity contribution is 0.102. The number of nitrogens with one attached hydrogen (secondary N) is 1. The van der Waals surface area contributed by atoms with Crippen LogP contribution in [-0.4, -0.2) is 45.8 Å². The largest absolute Gasteiger partial charge is 0.371 e. The molecule has 2 aromatic carbocycles. The molecule has 1 heterocycles. The number of nitrogens with zero attached hydrogens (tertiary/aromatic N) is 2. The lowest BCUT2D eigenvalue weighted by atomic mass is 10.1. The molecule has 0 atom stereocenters. The summed E-state index contributed by atoms with van der Waals surface area (Å²) in [7, 11) is -0.650. The molecule has 1 saturated heterocycles. The van der Waals surface area contributed by atoms with Crippen LogP contribution in [0.15, 0.2) is 47.4 Å². The highest BCUT2D eigenvalue weighted by molar-refractivity contribution is 7.89. The minimum atomic E-state index is -3.62. The van der Waals surface area contributed by atoms with E-state index in [1.54, 1.807) is 12.1 Å². The highest BCUT2D eigenvalue weighted by Gasteiger charge is 2.24. The maximum absolute atomic E-state index is 13.2. The first-order valence-electron chi connectivity index (χ1n) is 9.55. The minimum Gasteiger partial charge on any atom is -0.371 e. The van der Waals surface area contributed by atoms with Gasteiger partial charge in [0.25, 0.3) is 5.91 Å². The Morgan fingerprint density at radius 2 is 1.79 bits per heavy atom. The second-order valence-electron chi connectivity index (χ2n) is 7.13. The molecule has 6 nitrogen and oxygen atoms in total. The molecule has 28 heavy (non-hydrogen) atoms. The van der Waals surface area contributed by atoms with E-state index in [4.69, 9.17) is 0 Å². The Kier molecular flexibility index (Phi) is 6.05. The third kappa shape index (κ3) is 4.05. The van der Waals surface area contributed by atoms with Gasteiger partial charge in [0.05, 0.1) is 10.5 Å². The van der Waals surface area contributed by atoms with Crippen LogP contribution in [0.5, 0.6) is 0 Å². The molecular weight excluding hydrogens is 374 g/mol. The molecule has 0 spiro atoms. The summed E-state index contributed by atoms with van der Waals surface area (Å²) in [5.41, 5.74) is 2.95. The van der Waals surface area contributed by atoms with E-state index in [1.165, 1.54) is 20.2 Å². The van der Waals surface area contributed by atoms with Gasteiger partial charge in [-0.05, 0) is 49.1 Å². The van der Waals surface area contributed by atoms with Crippen LogP contribution in [0.25, 0.3) is 0 Å². The van der Waals surface area contributed by atoms with Crippen LogP contribution in [0, 0.1) is 0 Å². The SMILES string of the molecule is CCc1ccccc1NC(=O)c1cc(S(=O)(=O)N(C)C)ccc1N1CCCC1. The lowest BCUT2D eigenvalue weighted by Gasteiger charge is -2.22. The number of anilines is 2. The number of hydrogen-bond donors (Lipinski definition) is 1. The quantitative estimate of drug-likeness (QED) is 0.806. The van der Waals surface area contributed by atoms with Gasteiger partial charge in [-0.15, -0.1) is 0 Å². The smallest absolute Gasteiger partial charge is 0.257 e. The molecule has 0 aromatic heterocycles. The fourth-order valence-electron chi connectivity index (χ4n) is 3.44. The molecule has 0 unspecified atom stereocenters. The van der Waals surface area contributed by atoms with Gasteiger partial charge in [0.2, 0.25) is 10.0 Å². The summed E-state index contributed by atoms with van der Waals surface area (Å²) in [6.07, 6.45) is 2.93. The van der Waals surface area contributed by atoms with Gasteiger partial charge in [-0.2, -0.15) is 0 Å². The van der Waals surface area contributed by atoms with Crippen LogP contribution in [0.3, 0.4) is 0 Å². The van der Waals surface area contributed by atoms with Gasteiger partial charge in [-0.25, -0.2) is 12.7 Å². The Hall–Kier alpha value is -2.38. The Morgan fingerprint density at radius 1 is 1.11 bits per heavy atom. The maximum atomic E-state index is 13.2. The zero-order chi connectivity index (χ0) is 20.3. The van der Waals surface area contributed by atoms with Crippen LogP contribution in [0.2, 0.25) is 0 Å². The van der Waals surface area contributed by atoms with E-state index in [-0.39, 0.29) is 10.8 Å². The van der Waals surface area contributed by atoms with E-state index >= 15 is 0 Å². The first-order chi connectivity index (χ1) is 13.3. The van der Waals surface area contributed by atoms with Crippen molar-refractivity contribution in [2.75, 3.05) is 37.4 Å². The monoisotopic (exact) mass is 401 g/mol. The van der Waals surface area contributed by atoms with Crippen LogP contribution >= 0.6 is 0 Å². The number of amides is 1. The number of carbonyl (C=O) groups is 1. The van der Waals surface area contributed by atoms with Crippen molar-refractivity contribution in [3.05, 3.63) is 53.6 Å². The van der Waals surface area contributed by atoms with E-state index in [9.17, 15) is 13.2 Å². The second kappa shape index (κ2) is 8.32. The number of para-hydroxylation sites is 1. The third-order valence-corrected chi connectivity index (χ3v) is 6.90. The molecule has 1 aliphatic heterocycles. The molecule has 0 radical (unpaired) electrons. The van der Waals surface area contributed by atoms with Gasteiger partial charge < -0.3 is 10.2 Å². The summed E-state index contributed by atoms with van der Waals surface area (Å²) >= 11 is 0. The van der Waals surface area contributed by atoms with Gasteiger partial charge in [0.15, 0.2) is 0 Å². The molecule has 1 N–H and O–H groups in total. The van der Waals surface area contributed by atoms with Gasteiger partial charge in [-0.3, -0.25) is 4.79 Å². The van der Waals surface area contributed by atoms with Crippen molar-refractivity contribution in [3.8, 4) is 0 Å². The first kappa shape index (κ1) is 20.4. The highest BCUT2D eigenvalue weighted by atomic mass is 32.2. The molecule has 2 aromatic rings. The number of rotatable bonds is 6. The molecule has 3 rings (SSSR count). The molecule has 150 valence electrons. The molecule has 0 bridgehead atoms. The summed E-state index contributed by atoms with van der Waals surface area (Å²) in [5.74, 6) is -0.293. The summed E-state index contributed by atoms with van der Waals surface area (Å²) in [4.78, 5) is 15.4. The van der Waals surface area contributed by atoms with Crippen molar-refractivity contribution >= 4 is 27.3 Å². The van der Waals surface area contributed by atoms with Crippen molar-refractivity contribution in [3.63, 3.8) is 0 Å². The fourth-order valence-corrected chi connectivity index (χ4v) is 4.37. The maximum Gasteiger partial charge on any atom is 0.257 e. The van der Waals surface area contributed by atoms with Crippen molar-refractivity contribution in [1.29, 1.82) is 0 Å². The third-order valence-electron chi connectivity index (χ3n) is 5.08. The number of hydrogen-bond acceptors (Lipinski definition) is 4. The predicted octanol–water partition coefficient (Wildman–Crippen LogP) is 3.35.